The Bertz CT molecular complexity index is 592. The van der Waals surface area contributed by atoms with E-state index in [2.05, 4.69) is 0 Å². The van der Waals surface area contributed by atoms with Crippen molar-refractivity contribution in [2.24, 2.45) is 7.05 Å². The second-order valence-corrected chi connectivity index (χ2v) is 5.23. The van der Waals surface area contributed by atoms with Crippen molar-refractivity contribution in [2.75, 3.05) is 19.8 Å². The van der Waals surface area contributed by atoms with Crippen LogP contribution < -0.4 is 5.56 Å². The smallest absolute Gasteiger partial charge is 0.381 e. The van der Waals surface area contributed by atoms with Gasteiger partial charge in [0.15, 0.2) is 0 Å². The first-order valence-corrected chi connectivity index (χ1v) is 6.90. The first kappa shape index (κ1) is 16.5. The molecule has 22 heavy (non-hydrogen) atoms. The Kier molecular flexibility index (Phi) is 4.90. The molecule has 0 aliphatic carbocycles. The second-order valence-electron chi connectivity index (χ2n) is 5.23. The molecule has 2 rings (SSSR count). The van der Waals surface area contributed by atoms with Crippen LogP contribution in [-0.2, 0) is 11.8 Å². The first-order valence-electron chi connectivity index (χ1n) is 6.90. The van der Waals surface area contributed by atoms with Crippen LogP contribution in [0.4, 0.5) is 13.2 Å². The maximum Gasteiger partial charge on any atom is 0.406 e. The summed E-state index contributed by atoms with van der Waals surface area (Å²) in [6.07, 6.45) is -2.42. The lowest BCUT2D eigenvalue weighted by atomic mass is 10.1. The van der Waals surface area contributed by atoms with E-state index in [4.69, 9.17) is 4.74 Å². The van der Waals surface area contributed by atoms with Crippen LogP contribution in [0.2, 0.25) is 0 Å². The van der Waals surface area contributed by atoms with Gasteiger partial charge in [0.05, 0.1) is 0 Å². The number of aryl methyl sites for hydroxylation is 1. The van der Waals surface area contributed by atoms with Gasteiger partial charge in [0.1, 0.15) is 12.1 Å². The maximum atomic E-state index is 12.8. The van der Waals surface area contributed by atoms with Crippen molar-refractivity contribution in [3.63, 3.8) is 0 Å². The summed E-state index contributed by atoms with van der Waals surface area (Å²) in [5, 5.41) is 0. The van der Waals surface area contributed by atoms with E-state index in [1.807, 2.05) is 0 Å². The zero-order chi connectivity index (χ0) is 16.3. The summed E-state index contributed by atoms with van der Waals surface area (Å²) in [5.41, 5.74) is -0.854. The van der Waals surface area contributed by atoms with Gasteiger partial charge in [-0.15, -0.1) is 0 Å². The topological polar surface area (TPSA) is 51.5 Å². The van der Waals surface area contributed by atoms with Gasteiger partial charge in [-0.05, 0) is 25.0 Å². The summed E-state index contributed by atoms with van der Waals surface area (Å²) in [6, 6.07) is 2.14. The van der Waals surface area contributed by atoms with Crippen molar-refractivity contribution in [2.45, 2.75) is 25.1 Å². The molecule has 8 heteroatoms. The monoisotopic (exact) mass is 318 g/mol. The number of pyridine rings is 1. The van der Waals surface area contributed by atoms with E-state index in [1.54, 1.807) is 0 Å². The van der Waals surface area contributed by atoms with Crippen LogP contribution in [0.25, 0.3) is 0 Å². The van der Waals surface area contributed by atoms with Gasteiger partial charge in [-0.2, -0.15) is 13.2 Å². The molecule has 1 aromatic rings. The molecule has 1 aromatic heterocycles. The zero-order valence-corrected chi connectivity index (χ0v) is 12.1. The Labute approximate surface area is 125 Å². The highest BCUT2D eigenvalue weighted by molar-refractivity contribution is 5.94. The summed E-state index contributed by atoms with van der Waals surface area (Å²) >= 11 is 0. The van der Waals surface area contributed by atoms with Gasteiger partial charge >= 0.3 is 6.18 Å². The maximum absolute atomic E-state index is 12.8. The fraction of sp³-hybridized carbons (Fsp3) is 0.571. The third-order valence-corrected chi connectivity index (χ3v) is 3.60. The van der Waals surface area contributed by atoms with Crippen molar-refractivity contribution in [1.82, 2.24) is 9.47 Å². The van der Waals surface area contributed by atoms with Gasteiger partial charge in [-0.3, -0.25) is 9.59 Å². The number of nitrogens with zero attached hydrogens (tertiary/aromatic N) is 2. The number of rotatable bonds is 3. The van der Waals surface area contributed by atoms with E-state index >= 15 is 0 Å². The summed E-state index contributed by atoms with van der Waals surface area (Å²) in [4.78, 5) is 25.2. The van der Waals surface area contributed by atoms with Crippen LogP contribution in [0.15, 0.2) is 23.1 Å². The SMILES string of the molecule is Cn1cccc(C(=O)N(CC(F)(F)F)C2CCOCC2)c1=O. The highest BCUT2D eigenvalue weighted by Crippen LogP contribution is 2.23. The number of carbonyl (C=O) groups is 1. The molecule has 0 radical (unpaired) electrons. The Morgan fingerprint density at radius 3 is 2.64 bits per heavy atom. The van der Waals surface area contributed by atoms with Crippen LogP contribution in [0.5, 0.6) is 0 Å². The van der Waals surface area contributed by atoms with Crippen LogP contribution in [0.3, 0.4) is 0 Å². The highest BCUT2D eigenvalue weighted by atomic mass is 19.4. The van der Waals surface area contributed by atoms with E-state index in [-0.39, 0.29) is 5.56 Å². The van der Waals surface area contributed by atoms with Gasteiger partial charge in [-0.1, -0.05) is 0 Å². The molecule has 1 aliphatic rings. The third kappa shape index (κ3) is 3.88. The average molecular weight is 318 g/mol. The molecular weight excluding hydrogens is 301 g/mol. The third-order valence-electron chi connectivity index (χ3n) is 3.60. The van der Waals surface area contributed by atoms with Gasteiger partial charge in [0.2, 0.25) is 0 Å². The van der Waals surface area contributed by atoms with Gasteiger partial charge < -0.3 is 14.2 Å². The average Bonchev–Trinajstić information content (AvgIpc) is 2.47. The van der Waals surface area contributed by atoms with Gasteiger partial charge in [0, 0.05) is 32.5 Å². The molecule has 122 valence electrons. The standard InChI is InChI=1S/C14H17F3N2O3/c1-18-6-2-3-11(12(18)20)13(21)19(9-14(15,16)17)10-4-7-22-8-5-10/h2-3,6,10H,4-5,7-9H2,1H3. The molecule has 0 atom stereocenters. The Morgan fingerprint density at radius 2 is 2.05 bits per heavy atom. The van der Waals surface area contributed by atoms with E-state index in [0.29, 0.717) is 26.1 Å². The van der Waals surface area contributed by atoms with Gasteiger partial charge in [0.25, 0.3) is 11.5 Å². The number of hydrogen-bond acceptors (Lipinski definition) is 3. The van der Waals surface area contributed by atoms with Gasteiger partial charge in [-0.25, -0.2) is 0 Å². The van der Waals surface area contributed by atoms with Crippen LogP contribution in [0, 0.1) is 0 Å². The molecule has 0 saturated carbocycles. The van der Waals surface area contributed by atoms with Crippen LogP contribution >= 0.6 is 0 Å². The second kappa shape index (κ2) is 6.51. The molecule has 0 spiro atoms. The molecular formula is C14H17F3N2O3. The van der Waals surface area contributed by atoms with E-state index in [9.17, 15) is 22.8 Å². The van der Waals surface area contributed by atoms with Crippen molar-refractivity contribution in [3.05, 3.63) is 34.2 Å². The molecule has 5 nitrogen and oxygen atoms in total. The summed E-state index contributed by atoms with van der Waals surface area (Å²) < 4.78 is 44.7. The lowest BCUT2D eigenvalue weighted by Gasteiger charge is -2.34. The number of aromatic nitrogens is 1. The summed E-state index contributed by atoms with van der Waals surface area (Å²) in [5.74, 6) is -0.884. The number of halogens is 3. The molecule has 0 N–H and O–H groups in total. The fourth-order valence-electron chi connectivity index (χ4n) is 2.47. The largest absolute Gasteiger partial charge is 0.406 e. The minimum absolute atomic E-state index is 0.249. The molecule has 1 amide bonds. The predicted octanol–water partition coefficient (Wildman–Crippen LogP) is 1.57. The molecule has 0 bridgehead atoms. The molecule has 2 heterocycles. The number of carbonyl (C=O) groups excluding carboxylic acids is 1. The zero-order valence-electron chi connectivity index (χ0n) is 12.1. The van der Waals surface area contributed by atoms with Crippen molar-refractivity contribution in [1.29, 1.82) is 0 Å². The predicted molar refractivity (Wildman–Crippen MR) is 72.6 cm³/mol. The minimum atomic E-state index is -4.52. The molecule has 0 unspecified atom stereocenters. The Hall–Kier alpha value is -1.83. The number of alkyl halides is 3. The fourth-order valence-corrected chi connectivity index (χ4v) is 2.47. The molecule has 0 aromatic carbocycles. The van der Waals surface area contributed by atoms with E-state index < -0.39 is 30.2 Å². The highest BCUT2D eigenvalue weighted by Gasteiger charge is 2.38. The van der Waals surface area contributed by atoms with Crippen molar-refractivity contribution in [3.8, 4) is 0 Å². The number of hydrogen-bond donors (Lipinski definition) is 0. The molecule has 1 fully saturated rings. The molecule has 1 aliphatic heterocycles. The van der Waals surface area contributed by atoms with Crippen LogP contribution in [0.1, 0.15) is 23.2 Å². The minimum Gasteiger partial charge on any atom is -0.381 e. The van der Waals surface area contributed by atoms with E-state index in [0.717, 1.165) is 4.90 Å². The van der Waals surface area contributed by atoms with Crippen LogP contribution in [-0.4, -0.2) is 47.4 Å². The number of ether oxygens (including phenoxy) is 1. The Morgan fingerprint density at radius 1 is 1.41 bits per heavy atom. The first-order chi connectivity index (χ1) is 10.3. The lowest BCUT2D eigenvalue weighted by molar-refractivity contribution is -0.147. The summed E-state index contributed by atoms with van der Waals surface area (Å²) in [6.45, 7) is -0.757. The normalized spacial score (nSPS) is 16.5. The molecule has 1 saturated heterocycles. The number of amides is 1. The Balaban J connectivity index is 2.32. The van der Waals surface area contributed by atoms with E-state index in [1.165, 1.54) is 29.9 Å². The lowest BCUT2D eigenvalue weighted by Crippen LogP contribution is -2.49. The van der Waals surface area contributed by atoms with Crippen molar-refractivity contribution < 1.29 is 22.7 Å². The van der Waals surface area contributed by atoms with Crippen molar-refractivity contribution >= 4 is 5.91 Å². The quantitative estimate of drug-likeness (QED) is 0.850. The summed E-state index contributed by atoms with van der Waals surface area (Å²) in [7, 11) is 1.45.